The predicted octanol–water partition coefficient (Wildman–Crippen LogP) is 2.49. The molecule has 0 radical (unpaired) electrons. The van der Waals surface area contributed by atoms with Gasteiger partial charge < -0.3 is 20.4 Å². The summed E-state index contributed by atoms with van der Waals surface area (Å²) in [6, 6.07) is 11.6. The van der Waals surface area contributed by atoms with Crippen LogP contribution < -0.4 is 15.5 Å². The highest BCUT2D eigenvalue weighted by atomic mass is 19.4. The zero-order valence-electron chi connectivity index (χ0n) is 20.6. The molecule has 37 heavy (non-hydrogen) atoms. The monoisotopic (exact) mass is 517 g/mol. The fourth-order valence-corrected chi connectivity index (χ4v) is 4.65. The van der Waals surface area contributed by atoms with Gasteiger partial charge in [-0.3, -0.25) is 19.3 Å². The van der Waals surface area contributed by atoms with Crippen LogP contribution in [0.4, 0.5) is 24.5 Å². The van der Waals surface area contributed by atoms with Gasteiger partial charge in [0.2, 0.25) is 17.7 Å². The number of nitrogens with one attached hydrogen (secondary N) is 2. The minimum Gasteiger partial charge on any atom is -0.369 e. The van der Waals surface area contributed by atoms with Crippen LogP contribution in [0.2, 0.25) is 0 Å². The summed E-state index contributed by atoms with van der Waals surface area (Å²) in [6.07, 6.45) is -4.56. The number of hydrogen-bond donors (Lipinski definition) is 2. The van der Waals surface area contributed by atoms with Crippen molar-refractivity contribution in [2.45, 2.75) is 25.6 Å². The van der Waals surface area contributed by atoms with E-state index in [4.69, 9.17) is 0 Å². The van der Waals surface area contributed by atoms with Crippen LogP contribution in [0.25, 0.3) is 0 Å². The van der Waals surface area contributed by atoms with E-state index in [1.165, 1.54) is 11.0 Å². The highest BCUT2D eigenvalue weighted by Crippen LogP contribution is 2.32. The molecule has 3 amide bonds. The number of nitrogens with zero attached hydrogens (tertiary/aromatic N) is 3. The first-order valence-corrected chi connectivity index (χ1v) is 12.2. The highest BCUT2D eigenvalue weighted by molar-refractivity contribution is 5.97. The molecule has 198 valence electrons. The Morgan fingerprint density at radius 2 is 1.76 bits per heavy atom. The Labute approximate surface area is 213 Å². The lowest BCUT2D eigenvalue weighted by Crippen LogP contribution is -2.60. The number of hydrogen-bond acceptors (Lipinski definition) is 5. The Balaban J connectivity index is 1.33. The molecule has 2 fully saturated rings. The summed E-state index contributed by atoms with van der Waals surface area (Å²) < 4.78 is 39.2. The largest absolute Gasteiger partial charge is 0.416 e. The summed E-state index contributed by atoms with van der Waals surface area (Å²) in [5.41, 5.74) is 1.41. The normalized spacial score (nSPS) is 18.9. The lowest BCUT2D eigenvalue weighted by molar-refractivity contribution is -0.145. The smallest absolute Gasteiger partial charge is 0.369 e. The number of alkyl halides is 3. The van der Waals surface area contributed by atoms with E-state index in [0.29, 0.717) is 50.6 Å². The van der Waals surface area contributed by atoms with Crippen molar-refractivity contribution in [2.75, 3.05) is 56.0 Å². The summed E-state index contributed by atoms with van der Waals surface area (Å²) in [7, 11) is 0. The van der Waals surface area contributed by atoms with Gasteiger partial charge in [-0.1, -0.05) is 18.2 Å². The number of carbonyl (C=O) groups is 3. The van der Waals surface area contributed by atoms with E-state index in [-0.39, 0.29) is 30.7 Å². The van der Waals surface area contributed by atoms with Crippen LogP contribution in [0.1, 0.15) is 17.5 Å². The fraction of sp³-hybridized carbons (Fsp3) is 0.423. The van der Waals surface area contributed by atoms with Crippen LogP contribution in [0.3, 0.4) is 0 Å². The van der Waals surface area contributed by atoms with E-state index in [1.807, 2.05) is 34.9 Å². The second-order valence-corrected chi connectivity index (χ2v) is 9.33. The van der Waals surface area contributed by atoms with E-state index in [1.54, 1.807) is 12.1 Å². The molecule has 2 saturated heterocycles. The first-order valence-electron chi connectivity index (χ1n) is 12.2. The average molecular weight is 518 g/mol. The number of benzene rings is 2. The van der Waals surface area contributed by atoms with Crippen LogP contribution in [0, 0.1) is 6.92 Å². The number of aryl methyl sites for hydroxylation is 1. The SMILES string of the molecule is Cc1cccc(NC(=O)C[C@H]2C(=O)NCCN2C(=O)CN2CCN(c3cccc(C(F)(F)F)c3)CC2)c1. The maximum atomic E-state index is 13.1. The van der Waals surface area contributed by atoms with Gasteiger partial charge in [0.1, 0.15) is 6.04 Å². The molecule has 1 atom stereocenters. The summed E-state index contributed by atoms with van der Waals surface area (Å²) in [6.45, 7) is 4.50. The number of rotatable bonds is 6. The Morgan fingerprint density at radius 1 is 1.03 bits per heavy atom. The van der Waals surface area contributed by atoms with Crippen LogP contribution in [0.5, 0.6) is 0 Å². The lowest BCUT2D eigenvalue weighted by atomic mass is 10.1. The molecule has 0 bridgehead atoms. The van der Waals surface area contributed by atoms with Gasteiger partial charge in [-0.05, 0) is 42.8 Å². The third-order valence-corrected chi connectivity index (χ3v) is 6.60. The maximum Gasteiger partial charge on any atom is 0.416 e. The first kappa shape index (κ1) is 26.5. The number of carbonyl (C=O) groups excluding carboxylic acids is 3. The second kappa shape index (κ2) is 11.2. The van der Waals surface area contributed by atoms with Crippen LogP contribution >= 0.6 is 0 Å². The third kappa shape index (κ3) is 6.79. The van der Waals surface area contributed by atoms with E-state index >= 15 is 0 Å². The number of anilines is 2. The molecule has 0 spiro atoms. The van der Waals surface area contributed by atoms with Gasteiger partial charge in [0.25, 0.3) is 0 Å². The first-order chi connectivity index (χ1) is 17.6. The van der Waals surface area contributed by atoms with Gasteiger partial charge in [0.15, 0.2) is 0 Å². The molecule has 0 saturated carbocycles. The molecular weight excluding hydrogens is 487 g/mol. The summed E-state index contributed by atoms with van der Waals surface area (Å²) >= 11 is 0. The summed E-state index contributed by atoms with van der Waals surface area (Å²) in [5, 5.41) is 5.51. The zero-order chi connectivity index (χ0) is 26.6. The summed E-state index contributed by atoms with van der Waals surface area (Å²) in [4.78, 5) is 43.6. The molecule has 8 nitrogen and oxygen atoms in total. The van der Waals surface area contributed by atoms with Gasteiger partial charge in [-0.2, -0.15) is 13.2 Å². The van der Waals surface area contributed by atoms with E-state index in [2.05, 4.69) is 10.6 Å². The van der Waals surface area contributed by atoms with Crippen molar-refractivity contribution in [1.82, 2.24) is 15.1 Å². The fourth-order valence-electron chi connectivity index (χ4n) is 4.65. The average Bonchev–Trinajstić information content (AvgIpc) is 2.85. The Kier molecular flexibility index (Phi) is 8.01. The topological polar surface area (TPSA) is 85.0 Å². The molecule has 2 N–H and O–H groups in total. The Morgan fingerprint density at radius 3 is 2.46 bits per heavy atom. The maximum absolute atomic E-state index is 13.1. The van der Waals surface area contributed by atoms with Crippen molar-refractivity contribution in [3.8, 4) is 0 Å². The molecule has 2 heterocycles. The predicted molar refractivity (Wildman–Crippen MR) is 133 cm³/mol. The van der Waals surface area contributed by atoms with Crippen molar-refractivity contribution in [1.29, 1.82) is 0 Å². The molecule has 2 aliphatic rings. The summed E-state index contributed by atoms with van der Waals surface area (Å²) in [5.74, 6) is -0.982. The standard InChI is InChI=1S/C26H30F3N5O3/c1-18-4-2-6-20(14-18)31-23(35)16-22-25(37)30-8-9-34(22)24(36)17-32-10-12-33(13-11-32)21-7-3-5-19(15-21)26(27,28)29/h2-7,14-15,22H,8-13,16-17H2,1H3,(H,30,37)(H,31,35)/t22-/m0/s1. The molecule has 2 aliphatic heterocycles. The van der Waals surface area contributed by atoms with Crippen molar-refractivity contribution in [3.63, 3.8) is 0 Å². The van der Waals surface area contributed by atoms with Gasteiger partial charge in [-0.25, -0.2) is 0 Å². The number of amides is 3. The van der Waals surface area contributed by atoms with Crippen molar-refractivity contribution in [3.05, 3.63) is 59.7 Å². The molecular formula is C26H30F3N5O3. The van der Waals surface area contributed by atoms with Gasteiger partial charge in [0, 0.05) is 50.6 Å². The molecule has 0 aliphatic carbocycles. The van der Waals surface area contributed by atoms with E-state index < -0.39 is 17.8 Å². The molecule has 2 aromatic rings. The third-order valence-electron chi connectivity index (χ3n) is 6.60. The van der Waals surface area contributed by atoms with Crippen LogP contribution in [-0.4, -0.2) is 79.4 Å². The quantitative estimate of drug-likeness (QED) is 0.615. The van der Waals surface area contributed by atoms with Crippen molar-refractivity contribution >= 4 is 29.1 Å². The number of piperazine rings is 2. The van der Waals surface area contributed by atoms with Crippen LogP contribution in [-0.2, 0) is 20.6 Å². The molecule has 4 rings (SSSR count). The van der Waals surface area contributed by atoms with E-state index in [0.717, 1.165) is 17.7 Å². The van der Waals surface area contributed by atoms with Crippen LogP contribution in [0.15, 0.2) is 48.5 Å². The molecule has 0 aromatic heterocycles. The Hall–Kier alpha value is -3.60. The van der Waals surface area contributed by atoms with Gasteiger partial charge in [-0.15, -0.1) is 0 Å². The molecule has 11 heteroatoms. The van der Waals surface area contributed by atoms with Crippen molar-refractivity contribution in [2.24, 2.45) is 0 Å². The van der Waals surface area contributed by atoms with Gasteiger partial charge >= 0.3 is 6.18 Å². The van der Waals surface area contributed by atoms with E-state index in [9.17, 15) is 27.6 Å². The lowest BCUT2D eigenvalue weighted by Gasteiger charge is -2.39. The molecule has 0 unspecified atom stereocenters. The Bertz CT molecular complexity index is 1150. The zero-order valence-corrected chi connectivity index (χ0v) is 20.6. The van der Waals surface area contributed by atoms with Gasteiger partial charge in [0.05, 0.1) is 18.5 Å². The number of halogens is 3. The minimum atomic E-state index is -4.40. The minimum absolute atomic E-state index is 0.0692. The highest BCUT2D eigenvalue weighted by Gasteiger charge is 2.36. The second-order valence-electron chi connectivity index (χ2n) is 9.33. The van der Waals surface area contributed by atoms with Crippen molar-refractivity contribution < 1.29 is 27.6 Å². The molecule has 2 aromatic carbocycles.